The van der Waals surface area contributed by atoms with E-state index in [0.717, 1.165) is 37.2 Å². The van der Waals surface area contributed by atoms with Crippen molar-refractivity contribution < 1.29 is 9.53 Å². The number of nitrogens with zero attached hydrogens (tertiary/aromatic N) is 1. The Morgan fingerprint density at radius 3 is 2.89 bits per heavy atom. The van der Waals surface area contributed by atoms with Gasteiger partial charge in [-0.15, -0.1) is 0 Å². The number of nitrogens with one attached hydrogen (secondary N) is 1. The van der Waals surface area contributed by atoms with Crippen molar-refractivity contribution in [2.45, 2.75) is 25.3 Å². The molecule has 1 N–H and O–H groups in total. The van der Waals surface area contributed by atoms with Gasteiger partial charge in [0.15, 0.2) is 0 Å². The Kier molecular flexibility index (Phi) is 3.69. The summed E-state index contributed by atoms with van der Waals surface area (Å²) in [5.41, 5.74) is 1.16. The fourth-order valence-corrected chi connectivity index (χ4v) is 2.80. The summed E-state index contributed by atoms with van der Waals surface area (Å²) in [6.45, 7) is 2.85. The number of hydrogen-bond acceptors (Lipinski definition) is 3. The highest BCUT2D eigenvalue weighted by Gasteiger charge is 2.24. The summed E-state index contributed by atoms with van der Waals surface area (Å²) in [4.78, 5) is 14.1. The van der Waals surface area contributed by atoms with Crippen LogP contribution in [0.1, 0.15) is 30.9 Å². The van der Waals surface area contributed by atoms with E-state index in [2.05, 4.69) is 11.4 Å². The number of carbonyl (C=O) groups is 1. The smallest absolute Gasteiger partial charge is 0.236 e. The number of para-hydroxylation sites is 1. The van der Waals surface area contributed by atoms with Crippen molar-refractivity contribution in [2.75, 3.05) is 26.2 Å². The number of carbonyl (C=O) groups excluding carboxylic acids is 1. The molecule has 4 nitrogen and oxygen atoms in total. The summed E-state index contributed by atoms with van der Waals surface area (Å²) in [5, 5.41) is 3.32. The maximum atomic E-state index is 12.1. The van der Waals surface area contributed by atoms with Crippen molar-refractivity contribution in [1.82, 2.24) is 10.2 Å². The van der Waals surface area contributed by atoms with Crippen LogP contribution in [0.2, 0.25) is 0 Å². The van der Waals surface area contributed by atoms with E-state index in [1.807, 2.05) is 23.1 Å². The monoisotopic (exact) mass is 260 g/mol. The number of ether oxygens (including phenoxy) is 1. The van der Waals surface area contributed by atoms with Crippen molar-refractivity contribution in [2.24, 2.45) is 0 Å². The van der Waals surface area contributed by atoms with Crippen LogP contribution in [0.3, 0.4) is 0 Å². The Bertz CT molecular complexity index is 455. The van der Waals surface area contributed by atoms with Crippen LogP contribution in [0.25, 0.3) is 0 Å². The van der Waals surface area contributed by atoms with Gasteiger partial charge in [-0.3, -0.25) is 10.1 Å². The number of benzene rings is 1. The van der Waals surface area contributed by atoms with E-state index in [9.17, 15) is 4.79 Å². The molecule has 4 heteroatoms. The molecule has 3 rings (SSSR count). The molecule has 0 aromatic heterocycles. The average Bonchev–Trinajstić information content (AvgIpc) is 2.89. The summed E-state index contributed by atoms with van der Waals surface area (Å²) in [6, 6.07) is 8.16. The van der Waals surface area contributed by atoms with Crippen LogP contribution in [-0.4, -0.2) is 37.0 Å². The van der Waals surface area contributed by atoms with E-state index in [0.29, 0.717) is 13.2 Å². The van der Waals surface area contributed by atoms with Crippen molar-refractivity contribution in [3.8, 4) is 5.75 Å². The molecule has 2 aliphatic heterocycles. The first-order valence-corrected chi connectivity index (χ1v) is 7.07. The zero-order valence-electron chi connectivity index (χ0n) is 11.1. The first kappa shape index (κ1) is 12.5. The summed E-state index contributed by atoms with van der Waals surface area (Å²) < 4.78 is 5.60. The lowest BCUT2D eigenvalue weighted by Gasteiger charge is -2.27. The molecular formula is C15H20N2O2. The van der Waals surface area contributed by atoms with E-state index in [1.165, 1.54) is 6.42 Å². The van der Waals surface area contributed by atoms with Gasteiger partial charge in [-0.1, -0.05) is 18.2 Å². The molecule has 1 saturated heterocycles. The van der Waals surface area contributed by atoms with Crippen molar-refractivity contribution >= 4 is 5.91 Å². The van der Waals surface area contributed by atoms with Gasteiger partial charge in [-0.05, 0) is 25.3 Å². The standard InChI is InChI=1S/C15H20N2O2/c18-15(17-8-4-1-5-9-17)10-16-13-11-19-14-7-3-2-6-12(13)14/h2-3,6-7,13,16H,1,4-5,8-11H2. The number of amides is 1. The van der Waals surface area contributed by atoms with Crippen LogP contribution in [-0.2, 0) is 4.79 Å². The minimum absolute atomic E-state index is 0.143. The van der Waals surface area contributed by atoms with E-state index in [4.69, 9.17) is 4.74 Å². The molecule has 1 unspecified atom stereocenters. The van der Waals surface area contributed by atoms with Crippen LogP contribution in [0.5, 0.6) is 5.75 Å². The summed E-state index contributed by atoms with van der Waals surface area (Å²) in [7, 11) is 0. The highest BCUT2D eigenvalue weighted by Crippen LogP contribution is 2.31. The molecule has 1 aromatic carbocycles. The second-order valence-electron chi connectivity index (χ2n) is 5.22. The van der Waals surface area contributed by atoms with Crippen LogP contribution < -0.4 is 10.1 Å². The highest BCUT2D eigenvalue weighted by molar-refractivity contribution is 5.78. The lowest BCUT2D eigenvalue weighted by Crippen LogP contribution is -2.42. The van der Waals surface area contributed by atoms with E-state index in [-0.39, 0.29) is 11.9 Å². The first-order valence-electron chi connectivity index (χ1n) is 7.07. The molecule has 1 fully saturated rings. The molecule has 1 atom stereocenters. The first-order chi connectivity index (χ1) is 9.34. The van der Waals surface area contributed by atoms with Gasteiger partial charge in [0.25, 0.3) is 0 Å². The zero-order valence-corrected chi connectivity index (χ0v) is 11.1. The number of likely N-dealkylation sites (tertiary alicyclic amines) is 1. The van der Waals surface area contributed by atoms with Crippen molar-refractivity contribution in [3.63, 3.8) is 0 Å². The fourth-order valence-electron chi connectivity index (χ4n) is 2.80. The maximum Gasteiger partial charge on any atom is 0.236 e. The molecule has 0 spiro atoms. The molecule has 0 radical (unpaired) electrons. The van der Waals surface area contributed by atoms with Crippen LogP contribution in [0.4, 0.5) is 0 Å². The highest BCUT2D eigenvalue weighted by atomic mass is 16.5. The van der Waals surface area contributed by atoms with Gasteiger partial charge in [-0.25, -0.2) is 0 Å². The third-order valence-corrected chi connectivity index (χ3v) is 3.91. The van der Waals surface area contributed by atoms with Crippen molar-refractivity contribution in [3.05, 3.63) is 29.8 Å². The third kappa shape index (κ3) is 2.73. The predicted octanol–water partition coefficient (Wildman–Crippen LogP) is 1.72. The average molecular weight is 260 g/mol. The third-order valence-electron chi connectivity index (χ3n) is 3.91. The van der Waals surface area contributed by atoms with Crippen LogP contribution in [0.15, 0.2) is 24.3 Å². The lowest BCUT2D eigenvalue weighted by molar-refractivity contribution is -0.131. The SMILES string of the molecule is O=C(CNC1COc2ccccc21)N1CCCCC1. The van der Waals surface area contributed by atoms with Gasteiger partial charge >= 0.3 is 0 Å². The minimum Gasteiger partial charge on any atom is -0.491 e. The lowest BCUT2D eigenvalue weighted by atomic mass is 10.1. The largest absolute Gasteiger partial charge is 0.491 e. The normalized spacial score (nSPS) is 21.9. The Morgan fingerprint density at radius 1 is 1.26 bits per heavy atom. The predicted molar refractivity (Wildman–Crippen MR) is 73.1 cm³/mol. The van der Waals surface area contributed by atoms with Gasteiger partial charge in [0.05, 0.1) is 12.6 Å². The molecular weight excluding hydrogens is 240 g/mol. The molecule has 2 heterocycles. The van der Waals surface area contributed by atoms with Gasteiger partial charge < -0.3 is 9.64 Å². The second kappa shape index (κ2) is 5.61. The molecule has 0 aliphatic carbocycles. The molecule has 0 saturated carbocycles. The van der Waals surface area contributed by atoms with E-state index >= 15 is 0 Å². The van der Waals surface area contributed by atoms with E-state index in [1.54, 1.807) is 0 Å². The van der Waals surface area contributed by atoms with Gasteiger partial charge in [0.2, 0.25) is 5.91 Å². The quantitative estimate of drug-likeness (QED) is 0.899. The van der Waals surface area contributed by atoms with Crippen LogP contribution in [0, 0.1) is 0 Å². The molecule has 19 heavy (non-hydrogen) atoms. The number of hydrogen-bond donors (Lipinski definition) is 1. The van der Waals surface area contributed by atoms with Crippen molar-refractivity contribution in [1.29, 1.82) is 0 Å². The van der Waals surface area contributed by atoms with Gasteiger partial charge in [0, 0.05) is 18.7 Å². The Labute approximate surface area is 113 Å². The van der Waals surface area contributed by atoms with E-state index < -0.39 is 0 Å². The Morgan fingerprint density at radius 2 is 2.05 bits per heavy atom. The Hall–Kier alpha value is -1.55. The number of rotatable bonds is 3. The minimum atomic E-state index is 0.143. The molecule has 1 aromatic rings. The zero-order chi connectivity index (χ0) is 13.1. The van der Waals surface area contributed by atoms with Crippen LogP contribution >= 0.6 is 0 Å². The summed E-state index contributed by atoms with van der Waals surface area (Å²) in [6.07, 6.45) is 3.53. The summed E-state index contributed by atoms with van der Waals surface area (Å²) in [5.74, 6) is 1.15. The number of piperidine rings is 1. The second-order valence-corrected chi connectivity index (χ2v) is 5.22. The summed E-state index contributed by atoms with van der Waals surface area (Å²) >= 11 is 0. The number of fused-ring (bicyclic) bond motifs is 1. The molecule has 0 bridgehead atoms. The van der Waals surface area contributed by atoms with Gasteiger partial charge in [0.1, 0.15) is 12.4 Å². The van der Waals surface area contributed by atoms with Gasteiger partial charge in [-0.2, -0.15) is 0 Å². The Balaban J connectivity index is 1.54. The molecule has 2 aliphatic rings. The maximum absolute atomic E-state index is 12.1. The molecule has 1 amide bonds. The fraction of sp³-hybridized carbons (Fsp3) is 0.533. The topological polar surface area (TPSA) is 41.6 Å². The molecule has 102 valence electrons.